The Kier molecular flexibility index (Phi) is 15.9. The van der Waals surface area contributed by atoms with Crippen molar-refractivity contribution in [1.82, 2.24) is 13.7 Å². The summed E-state index contributed by atoms with van der Waals surface area (Å²) < 4.78 is 62.1. The fourth-order valence-corrected chi connectivity index (χ4v) is 19.0. The highest BCUT2D eigenvalue weighted by Crippen LogP contribution is 2.50. The molecule has 0 N–H and O–H groups in total. The second kappa shape index (κ2) is 28.1. The van der Waals surface area contributed by atoms with Gasteiger partial charge >= 0.3 is 0 Å². The maximum atomic E-state index is 6.20. The largest absolute Gasteiger partial charge is 0.457 e. The van der Waals surface area contributed by atoms with Crippen molar-refractivity contribution in [2.24, 2.45) is 0 Å². The molecule has 123 heavy (non-hydrogen) atoms. The average molecular weight is 1590 g/mol. The molecule has 0 spiro atoms. The lowest BCUT2D eigenvalue weighted by Crippen LogP contribution is -2.04. The third kappa shape index (κ3) is 11.4. The monoisotopic (exact) mass is 1590 g/mol. The molecule has 0 amide bonds. The SMILES string of the molecule is c1ccc2c(c1)oc1cc(-c3ccc4c(c3)-c3ccc(-n5c6ccccc6c6ccccc65)cc3OCO4)ccc12.c1ccc2c(c1)oc1ccc(-c3ccc4c(c3)-c3ccc(-n5c6ccccc6c6ccccc65)cc3OCO4)cc12.c1ccc2c(c1)oc1cccc(-c3ccc4c(c3)-c3ccc(-n5c6ccccc6c6ccccc65)cc3OCO4)c12. The highest BCUT2D eigenvalue weighted by atomic mass is 16.7. The van der Waals surface area contributed by atoms with Crippen LogP contribution in [0.5, 0.6) is 34.5 Å². The van der Waals surface area contributed by atoms with Gasteiger partial charge in [0.1, 0.15) is 68.0 Å². The lowest BCUT2D eigenvalue weighted by atomic mass is 9.95. The third-order valence-corrected chi connectivity index (χ3v) is 24.6. The molecule has 3 aliphatic rings. The Morgan fingerprint density at radius 3 is 0.911 bits per heavy atom. The van der Waals surface area contributed by atoms with Gasteiger partial charge in [-0.25, -0.2) is 0 Å². The van der Waals surface area contributed by atoms with Crippen molar-refractivity contribution in [1.29, 1.82) is 0 Å². The van der Waals surface area contributed by atoms with E-state index < -0.39 is 0 Å². The van der Waals surface area contributed by atoms with E-state index in [0.717, 1.165) is 184 Å². The lowest BCUT2D eigenvalue weighted by Gasteiger charge is -2.13. The molecule has 3 aliphatic heterocycles. The first-order valence-electron chi connectivity index (χ1n) is 41.3. The Morgan fingerprint density at radius 1 is 0.163 bits per heavy atom. The van der Waals surface area contributed by atoms with Crippen molar-refractivity contribution in [3.8, 4) is 118 Å². The molecule has 0 bridgehead atoms. The summed E-state index contributed by atoms with van der Waals surface area (Å²) in [5, 5.41) is 14.1. The van der Waals surface area contributed by atoms with E-state index in [-0.39, 0.29) is 20.4 Å². The number of furan rings is 3. The summed E-state index contributed by atoms with van der Waals surface area (Å²) in [6.45, 7) is 0.460. The second-order valence-electron chi connectivity index (χ2n) is 31.4. The summed E-state index contributed by atoms with van der Waals surface area (Å²) in [5.41, 5.74) is 28.2. The summed E-state index contributed by atoms with van der Waals surface area (Å²) >= 11 is 0. The van der Waals surface area contributed by atoms with Crippen LogP contribution in [0.3, 0.4) is 0 Å². The van der Waals surface area contributed by atoms with E-state index in [0.29, 0.717) is 0 Å². The number of hydrogen-bond acceptors (Lipinski definition) is 9. The zero-order chi connectivity index (χ0) is 80.7. The first kappa shape index (κ1) is 69.7. The molecule has 9 heterocycles. The van der Waals surface area contributed by atoms with Gasteiger partial charge in [-0.15, -0.1) is 0 Å². The molecular formula is C111H69N3O9. The van der Waals surface area contributed by atoms with Crippen molar-refractivity contribution in [3.63, 3.8) is 0 Å². The van der Waals surface area contributed by atoms with Gasteiger partial charge < -0.3 is 55.4 Å². The van der Waals surface area contributed by atoms with Crippen LogP contribution in [0, 0.1) is 0 Å². The molecule has 12 nitrogen and oxygen atoms in total. The van der Waals surface area contributed by atoms with Crippen LogP contribution in [-0.4, -0.2) is 34.1 Å². The van der Waals surface area contributed by atoms with Gasteiger partial charge in [-0.05, 0) is 191 Å². The minimum absolute atomic E-state index is 0.151. The Bertz CT molecular complexity index is 8310. The molecule has 18 aromatic carbocycles. The van der Waals surface area contributed by atoms with E-state index in [2.05, 4.69) is 323 Å². The summed E-state index contributed by atoms with van der Waals surface area (Å²) in [7, 11) is 0. The molecule has 0 saturated heterocycles. The van der Waals surface area contributed by atoms with Crippen LogP contribution < -0.4 is 28.4 Å². The van der Waals surface area contributed by atoms with Gasteiger partial charge in [0, 0.05) is 133 Å². The number of rotatable bonds is 6. The molecule has 6 aromatic heterocycles. The van der Waals surface area contributed by atoms with Crippen LogP contribution in [0.25, 0.3) is 215 Å². The second-order valence-corrected chi connectivity index (χ2v) is 31.4. The topological polar surface area (TPSA) is 110 Å². The van der Waals surface area contributed by atoms with E-state index in [1.54, 1.807) is 0 Å². The van der Waals surface area contributed by atoms with Gasteiger partial charge in [0.05, 0.1) is 33.1 Å². The quantitative estimate of drug-likeness (QED) is 0.161. The molecule has 0 unspecified atom stereocenters. The fourth-order valence-electron chi connectivity index (χ4n) is 19.0. The number of hydrogen-bond donors (Lipinski definition) is 0. The summed E-state index contributed by atoms with van der Waals surface area (Å²) in [6, 6.07) is 133. The van der Waals surface area contributed by atoms with Crippen LogP contribution in [0.15, 0.2) is 395 Å². The number of benzene rings is 18. The van der Waals surface area contributed by atoms with Crippen molar-refractivity contribution in [3.05, 3.63) is 382 Å². The van der Waals surface area contributed by atoms with Crippen LogP contribution >= 0.6 is 0 Å². The number of para-hydroxylation sites is 9. The first-order valence-corrected chi connectivity index (χ1v) is 41.3. The molecule has 0 atom stereocenters. The fraction of sp³-hybridized carbons (Fsp3) is 0.0270. The Labute approximate surface area is 703 Å². The molecule has 0 saturated carbocycles. The van der Waals surface area contributed by atoms with E-state index in [1.165, 1.54) is 65.4 Å². The predicted octanol–water partition coefficient (Wildman–Crippen LogP) is 29.2. The minimum atomic E-state index is 0.151. The van der Waals surface area contributed by atoms with Crippen LogP contribution in [-0.2, 0) is 0 Å². The van der Waals surface area contributed by atoms with E-state index >= 15 is 0 Å². The van der Waals surface area contributed by atoms with Gasteiger partial charge in [0.15, 0.2) is 0 Å². The number of aromatic nitrogens is 3. The number of nitrogens with zero attached hydrogens (tertiary/aromatic N) is 3. The van der Waals surface area contributed by atoms with Gasteiger partial charge in [-0.3, -0.25) is 0 Å². The van der Waals surface area contributed by atoms with E-state index in [9.17, 15) is 0 Å². The molecule has 582 valence electrons. The maximum absolute atomic E-state index is 6.20. The predicted molar refractivity (Wildman–Crippen MR) is 495 cm³/mol. The Morgan fingerprint density at radius 2 is 0.463 bits per heavy atom. The van der Waals surface area contributed by atoms with E-state index in [1.807, 2.05) is 72.8 Å². The summed E-state index contributed by atoms with van der Waals surface area (Å²) in [4.78, 5) is 0. The van der Waals surface area contributed by atoms with Crippen LogP contribution in [0.1, 0.15) is 0 Å². The van der Waals surface area contributed by atoms with Crippen molar-refractivity contribution >= 4 is 131 Å². The maximum Gasteiger partial charge on any atom is 0.230 e. The van der Waals surface area contributed by atoms with Crippen LogP contribution in [0.2, 0.25) is 0 Å². The number of ether oxygens (including phenoxy) is 6. The molecule has 0 radical (unpaired) electrons. The molecule has 0 aliphatic carbocycles. The normalized spacial score (nSPS) is 12.7. The zero-order valence-electron chi connectivity index (χ0n) is 66.0. The Balaban J connectivity index is 0.000000101. The molecule has 0 fully saturated rings. The molecule has 24 aromatic rings. The summed E-state index contributed by atoms with van der Waals surface area (Å²) in [5.74, 6) is 4.83. The van der Waals surface area contributed by atoms with Crippen LogP contribution in [0.4, 0.5) is 0 Å². The standard InChI is InChI=1S/3C37H23NO3/c1-4-12-31-26(8-1)27-9-2-5-13-32(27)38(31)24-17-18-28-30-20-23(16-19-33(30)39-22-40-36(28)21-24)25-11-7-15-35-37(25)29-10-3-6-14-34(29)41-35;1-4-10-32-26(7-1)27-8-2-5-11-33(27)38(32)25-15-16-29-30-19-23(13-17-34(30)39-22-40-37(29)21-25)24-14-18-36-31(20-24)28-9-3-6-12-35(28)41-36;1-4-10-32-26(7-1)27-8-2-5-11-33(27)38(32)25-15-17-30-31-19-23(14-18-34(31)39-22-40-36(30)21-25)24-13-16-29-28-9-3-6-12-35(28)41-37(29)20-24/h3*1-21H,22H2. The van der Waals surface area contributed by atoms with Crippen molar-refractivity contribution < 1.29 is 41.7 Å². The molecule has 27 rings (SSSR count). The van der Waals surface area contributed by atoms with Crippen molar-refractivity contribution in [2.75, 3.05) is 20.4 Å². The van der Waals surface area contributed by atoms with Crippen molar-refractivity contribution in [2.45, 2.75) is 0 Å². The highest BCUT2D eigenvalue weighted by Gasteiger charge is 2.27. The highest BCUT2D eigenvalue weighted by molar-refractivity contribution is 6.15. The van der Waals surface area contributed by atoms with Gasteiger partial charge in [-0.2, -0.15) is 0 Å². The third-order valence-electron chi connectivity index (χ3n) is 24.6. The lowest BCUT2D eigenvalue weighted by molar-refractivity contribution is 0.124. The zero-order valence-corrected chi connectivity index (χ0v) is 66.0. The van der Waals surface area contributed by atoms with Gasteiger partial charge in [0.25, 0.3) is 0 Å². The van der Waals surface area contributed by atoms with Gasteiger partial charge in [0.2, 0.25) is 20.4 Å². The average Bonchev–Trinajstić information content (AvgIpc) is 1.60. The summed E-state index contributed by atoms with van der Waals surface area (Å²) in [6.07, 6.45) is 0. The molecule has 12 heteroatoms. The van der Waals surface area contributed by atoms with E-state index in [4.69, 9.17) is 41.7 Å². The minimum Gasteiger partial charge on any atom is -0.457 e. The Hall–Kier alpha value is -16.4. The first-order chi connectivity index (χ1) is 61.0. The smallest absolute Gasteiger partial charge is 0.230 e. The molecular weight excluding hydrogens is 1520 g/mol. The van der Waals surface area contributed by atoms with Gasteiger partial charge in [-0.1, -0.05) is 206 Å². The number of fused-ring (bicyclic) bond motifs is 27.